The molecule has 3 aliphatic rings. The average Bonchev–Trinajstić information content (AvgIpc) is 3.26. The fraction of sp³-hybridized carbons (Fsp3) is 0.583. The van der Waals surface area contributed by atoms with Crippen LogP contribution in [0.3, 0.4) is 0 Å². The number of carbonyl (C=O) groups is 1. The van der Waals surface area contributed by atoms with E-state index in [1.54, 1.807) is 16.9 Å². The quantitative estimate of drug-likeness (QED) is 0.759. The van der Waals surface area contributed by atoms with Gasteiger partial charge >= 0.3 is 0 Å². The van der Waals surface area contributed by atoms with E-state index in [4.69, 9.17) is 4.74 Å². The van der Waals surface area contributed by atoms with E-state index in [-0.39, 0.29) is 11.5 Å². The molecule has 1 aromatic heterocycles. The molecule has 0 N–H and O–H groups in total. The molecule has 3 aliphatic heterocycles. The molecule has 1 spiro atoms. The van der Waals surface area contributed by atoms with Crippen LogP contribution in [0.25, 0.3) is 0 Å². The maximum atomic E-state index is 12.8. The minimum atomic E-state index is -0.0667. The number of aromatic nitrogens is 2. The zero-order valence-corrected chi connectivity index (χ0v) is 18.4. The molecule has 166 valence electrons. The van der Waals surface area contributed by atoms with Crippen molar-refractivity contribution in [2.75, 3.05) is 50.8 Å². The van der Waals surface area contributed by atoms with E-state index in [1.165, 1.54) is 5.69 Å². The Morgan fingerprint density at radius 2 is 1.77 bits per heavy atom. The Morgan fingerprint density at radius 1 is 1.03 bits per heavy atom. The Bertz CT molecular complexity index is 882. The van der Waals surface area contributed by atoms with Crippen LogP contribution in [0.2, 0.25) is 0 Å². The summed E-state index contributed by atoms with van der Waals surface area (Å²) in [6, 6.07) is 13.1. The number of hydrogen-bond acceptors (Lipinski definition) is 5. The van der Waals surface area contributed by atoms with E-state index in [2.05, 4.69) is 45.2 Å². The summed E-state index contributed by atoms with van der Waals surface area (Å²) < 4.78 is 8.03. The van der Waals surface area contributed by atoms with Gasteiger partial charge in [0, 0.05) is 70.8 Å². The van der Waals surface area contributed by atoms with Crippen molar-refractivity contribution < 1.29 is 9.53 Å². The summed E-state index contributed by atoms with van der Waals surface area (Å²) in [5.41, 5.74) is 1.92. The molecular weight excluding hydrogens is 390 g/mol. The van der Waals surface area contributed by atoms with Crippen molar-refractivity contribution in [3.8, 4) is 0 Å². The molecule has 2 aromatic rings. The van der Waals surface area contributed by atoms with Gasteiger partial charge in [-0.05, 0) is 43.9 Å². The van der Waals surface area contributed by atoms with Crippen LogP contribution < -0.4 is 4.90 Å². The molecule has 0 radical (unpaired) electrons. The molecule has 0 aliphatic carbocycles. The third kappa shape index (κ3) is 4.21. The number of rotatable bonds is 3. The smallest absolute Gasteiger partial charge is 0.272 e. The number of amides is 1. The summed E-state index contributed by atoms with van der Waals surface area (Å²) in [7, 11) is 1.82. The summed E-state index contributed by atoms with van der Waals surface area (Å²) in [5.74, 6) is 0.0826. The summed E-state index contributed by atoms with van der Waals surface area (Å²) in [6.45, 7) is 6.75. The predicted octanol–water partition coefficient (Wildman–Crippen LogP) is 2.40. The van der Waals surface area contributed by atoms with Gasteiger partial charge < -0.3 is 14.5 Å². The molecule has 0 saturated carbocycles. The summed E-state index contributed by atoms with van der Waals surface area (Å²) in [6.07, 6.45) is 5.75. The highest BCUT2D eigenvalue weighted by Gasteiger charge is 2.43. The highest BCUT2D eigenvalue weighted by Crippen LogP contribution is 2.37. The van der Waals surface area contributed by atoms with E-state index in [1.807, 2.05) is 11.9 Å². The second-order valence-electron chi connectivity index (χ2n) is 9.17. The van der Waals surface area contributed by atoms with Gasteiger partial charge in [-0.3, -0.25) is 14.4 Å². The fourth-order valence-corrected chi connectivity index (χ4v) is 5.51. The third-order valence-corrected chi connectivity index (χ3v) is 7.42. The molecule has 7 nitrogen and oxygen atoms in total. The Balaban J connectivity index is 1.16. The third-order valence-electron chi connectivity index (χ3n) is 7.42. The lowest BCUT2D eigenvalue weighted by molar-refractivity contribution is -0.130. The topological polar surface area (TPSA) is 53.8 Å². The Hall–Kier alpha value is -2.38. The van der Waals surface area contributed by atoms with E-state index in [9.17, 15) is 4.79 Å². The van der Waals surface area contributed by atoms with E-state index < -0.39 is 0 Å². The van der Waals surface area contributed by atoms with Crippen molar-refractivity contribution in [1.82, 2.24) is 19.6 Å². The molecule has 1 aromatic carbocycles. The van der Waals surface area contributed by atoms with Crippen LogP contribution in [0.1, 0.15) is 36.2 Å². The first kappa shape index (κ1) is 20.5. The molecule has 0 unspecified atom stereocenters. The zero-order valence-electron chi connectivity index (χ0n) is 18.4. The molecule has 4 heterocycles. The zero-order chi connectivity index (χ0) is 21.3. The number of piperidine rings is 1. The van der Waals surface area contributed by atoms with Crippen molar-refractivity contribution >= 4 is 11.6 Å². The van der Waals surface area contributed by atoms with Gasteiger partial charge in [-0.1, -0.05) is 18.2 Å². The Kier molecular flexibility index (Phi) is 5.71. The lowest BCUT2D eigenvalue weighted by atomic mass is 9.81. The van der Waals surface area contributed by atoms with Gasteiger partial charge in [0.25, 0.3) is 5.91 Å². The second kappa shape index (κ2) is 8.63. The van der Waals surface area contributed by atoms with Crippen LogP contribution in [0.5, 0.6) is 0 Å². The van der Waals surface area contributed by atoms with Crippen LogP contribution in [-0.2, 0) is 11.8 Å². The van der Waals surface area contributed by atoms with Gasteiger partial charge in [0.2, 0.25) is 0 Å². The summed E-state index contributed by atoms with van der Waals surface area (Å²) >= 11 is 0. The maximum absolute atomic E-state index is 12.8. The molecule has 7 heteroatoms. The van der Waals surface area contributed by atoms with Crippen LogP contribution in [0.4, 0.5) is 5.69 Å². The standard InChI is InChI=1S/C24H33N5O2/c1-26-22(7-11-25-26)23(30)29-12-9-24(10-13-29)19-21(8-18-31-24)28-16-14-27(15-17-28)20-5-3-2-4-6-20/h2-7,11,21H,8-10,12-19H2,1H3/t21-/m0/s1. The number of piperazine rings is 1. The number of benzene rings is 1. The SMILES string of the molecule is Cn1nccc1C(=O)N1CCC2(CC1)C[C@@H](N1CCN(c3ccccc3)CC1)CCO2. The molecule has 31 heavy (non-hydrogen) atoms. The van der Waals surface area contributed by atoms with Crippen LogP contribution in [0, 0.1) is 0 Å². The van der Waals surface area contributed by atoms with Gasteiger partial charge in [0.15, 0.2) is 0 Å². The molecule has 5 rings (SSSR count). The lowest BCUT2D eigenvalue weighted by Crippen LogP contribution is -2.57. The number of likely N-dealkylation sites (tertiary alicyclic amines) is 1. The van der Waals surface area contributed by atoms with Gasteiger partial charge in [0.1, 0.15) is 5.69 Å². The summed E-state index contributed by atoms with van der Waals surface area (Å²) in [5, 5.41) is 4.14. The van der Waals surface area contributed by atoms with Crippen molar-refractivity contribution in [1.29, 1.82) is 0 Å². The van der Waals surface area contributed by atoms with Crippen molar-refractivity contribution in [2.24, 2.45) is 7.05 Å². The first-order chi connectivity index (χ1) is 15.1. The minimum Gasteiger partial charge on any atom is -0.375 e. The van der Waals surface area contributed by atoms with Crippen molar-refractivity contribution in [2.45, 2.75) is 37.3 Å². The number of para-hydroxylation sites is 1. The van der Waals surface area contributed by atoms with E-state index in [0.29, 0.717) is 11.7 Å². The van der Waals surface area contributed by atoms with Gasteiger partial charge in [-0.25, -0.2) is 0 Å². The lowest BCUT2D eigenvalue weighted by Gasteiger charge is -2.49. The largest absolute Gasteiger partial charge is 0.375 e. The minimum absolute atomic E-state index is 0.0667. The number of carbonyl (C=O) groups excluding carboxylic acids is 1. The first-order valence-electron chi connectivity index (χ1n) is 11.6. The molecule has 3 fully saturated rings. The number of anilines is 1. The van der Waals surface area contributed by atoms with Crippen molar-refractivity contribution in [3.63, 3.8) is 0 Å². The number of nitrogens with zero attached hydrogens (tertiary/aromatic N) is 5. The molecule has 3 saturated heterocycles. The van der Waals surface area contributed by atoms with E-state index >= 15 is 0 Å². The van der Waals surface area contributed by atoms with Gasteiger partial charge in [0.05, 0.1) is 5.60 Å². The number of aryl methyl sites for hydroxylation is 1. The van der Waals surface area contributed by atoms with Gasteiger partial charge in [-0.2, -0.15) is 5.10 Å². The maximum Gasteiger partial charge on any atom is 0.272 e. The highest BCUT2D eigenvalue weighted by atomic mass is 16.5. The highest BCUT2D eigenvalue weighted by molar-refractivity contribution is 5.92. The second-order valence-corrected chi connectivity index (χ2v) is 9.17. The van der Waals surface area contributed by atoms with Crippen molar-refractivity contribution in [3.05, 3.63) is 48.3 Å². The normalized spacial score (nSPS) is 24.5. The Labute approximate surface area is 184 Å². The molecular formula is C24H33N5O2. The summed E-state index contributed by atoms with van der Waals surface area (Å²) in [4.78, 5) is 20.0. The Morgan fingerprint density at radius 3 is 2.45 bits per heavy atom. The fourth-order valence-electron chi connectivity index (χ4n) is 5.51. The van der Waals surface area contributed by atoms with Gasteiger partial charge in [-0.15, -0.1) is 0 Å². The number of hydrogen-bond donors (Lipinski definition) is 0. The predicted molar refractivity (Wildman–Crippen MR) is 120 cm³/mol. The molecule has 0 bridgehead atoms. The first-order valence-corrected chi connectivity index (χ1v) is 11.6. The number of ether oxygens (including phenoxy) is 1. The van der Waals surface area contributed by atoms with Crippen LogP contribution in [-0.4, -0.2) is 83.0 Å². The monoisotopic (exact) mass is 423 g/mol. The van der Waals surface area contributed by atoms with Crippen LogP contribution >= 0.6 is 0 Å². The molecule has 1 atom stereocenters. The van der Waals surface area contributed by atoms with Crippen LogP contribution in [0.15, 0.2) is 42.6 Å². The van der Waals surface area contributed by atoms with E-state index in [0.717, 1.165) is 71.6 Å². The average molecular weight is 424 g/mol. The molecule has 1 amide bonds.